The molecule has 16 nitrogen and oxygen atoms in total. The number of piperidine rings is 3. The molecule has 9 aliphatic rings. The minimum absolute atomic E-state index is 0. The number of hydrogen-bond donors (Lipinski definition) is 6. The zero-order chi connectivity index (χ0) is 61.9. The Morgan fingerprint density at radius 2 is 1.05 bits per heavy atom. The summed E-state index contributed by atoms with van der Waals surface area (Å²) < 4.78 is 5.09. The van der Waals surface area contributed by atoms with Gasteiger partial charge >= 0.3 is 6.09 Å². The highest BCUT2D eigenvalue weighted by atomic mass is 35.5. The molecule has 0 aliphatic carbocycles. The highest BCUT2D eigenvalue weighted by Gasteiger charge is 2.48. The van der Waals surface area contributed by atoms with Gasteiger partial charge in [0.05, 0.1) is 36.8 Å². The molecule has 0 radical (unpaired) electrons. The molecule has 3 amide bonds. The molecule has 86 heavy (non-hydrogen) atoms. The first kappa shape index (κ1) is 69.3. The number of alkyl carbamates (subject to hydrolysis) is 1. The minimum atomic E-state index is -0.510. The van der Waals surface area contributed by atoms with Crippen LogP contribution in [-0.2, 0) is 20.1 Å². The summed E-state index contributed by atoms with van der Waals surface area (Å²) >= 11 is 1.40. The number of amides is 3. The smallest absolute Gasteiger partial charge is 0.407 e. The number of nitrogens with zero attached hydrogens (tertiary/aromatic N) is 6. The molecule has 6 atom stereocenters. The molecule has 0 aromatic heterocycles. The second-order valence-electron chi connectivity index (χ2n) is 27.7. The van der Waals surface area contributed by atoms with Crippen LogP contribution in [0.15, 0.2) is 108 Å². The Hall–Kier alpha value is -5.85. The molecule has 0 unspecified atom stereocenters. The molecule has 18 heteroatoms. The van der Waals surface area contributed by atoms with Crippen molar-refractivity contribution in [3.05, 3.63) is 125 Å². The maximum Gasteiger partial charge on any atom is 0.407 e. The lowest BCUT2D eigenvalue weighted by Gasteiger charge is -2.48. The summed E-state index contributed by atoms with van der Waals surface area (Å²) in [6.45, 7) is 35.3. The van der Waals surface area contributed by atoms with Crippen molar-refractivity contribution in [3.8, 4) is 0 Å². The summed E-state index contributed by atoms with van der Waals surface area (Å²) in [6, 6.07) is 37.7. The molecular formula is C68H103ClN12O4S. The van der Waals surface area contributed by atoms with Crippen LogP contribution >= 0.6 is 24.2 Å². The quantitative estimate of drug-likeness (QED) is 0.0611. The third-order valence-corrected chi connectivity index (χ3v) is 18.8. The number of amidine groups is 1. The van der Waals surface area contributed by atoms with E-state index in [1.54, 1.807) is 0 Å². The molecule has 4 aromatic carbocycles. The molecule has 9 heterocycles. The van der Waals surface area contributed by atoms with E-state index in [-0.39, 0.29) is 61.2 Å². The van der Waals surface area contributed by atoms with Crippen molar-refractivity contribution in [2.75, 3.05) is 99.8 Å². The van der Waals surface area contributed by atoms with Gasteiger partial charge in [-0.05, 0) is 143 Å². The van der Waals surface area contributed by atoms with Gasteiger partial charge < -0.3 is 57.1 Å². The Kier molecular flexibility index (Phi) is 24.5. The number of aryl methyl sites for hydroxylation is 3. The third-order valence-electron chi connectivity index (χ3n) is 17.8. The van der Waals surface area contributed by atoms with E-state index < -0.39 is 11.7 Å². The van der Waals surface area contributed by atoms with E-state index in [0.29, 0.717) is 46.3 Å². The first-order valence-corrected chi connectivity index (χ1v) is 31.8. The van der Waals surface area contributed by atoms with E-state index in [4.69, 9.17) is 27.3 Å². The number of rotatable bonds is 11. The normalized spacial score (nSPS) is 23.3. The van der Waals surface area contributed by atoms with E-state index in [1.807, 2.05) is 60.9 Å². The van der Waals surface area contributed by atoms with E-state index in [0.717, 1.165) is 69.5 Å². The molecule has 9 fully saturated rings. The summed E-state index contributed by atoms with van der Waals surface area (Å²) in [6.07, 6.45) is 3.18. The average Bonchev–Trinajstić information content (AvgIpc) is 1.61. The van der Waals surface area contributed by atoms with Crippen LogP contribution < -0.4 is 42.5 Å². The zero-order valence-corrected chi connectivity index (χ0v) is 55.3. The maximum atomic E-state index is 12.7. The Balaban J connectivity index is 0.000000185. The lowest BCUT2D eigenvalue weighted by atomic mass is 9.73. The predicted octanol–water partition coefficient (Wildman–Crippen LogP) is 10.1. The van der Waals surface area contributed by atoms with Crippen LogP contribution in [0.2, 0.25) is 0 Å². The van der Waals surface area contributed by atoms with Gasteiger partial charge in [-0.2, -0.15) is 0 Å². The van der Waals surface area contributed by atoms with Crippen LogP contribution in [-0.4, -0.2) is 147 Å². The Morgan fingerprint density at radius 3 is 1.50 bits per heavy atom. The van der Waals surface area contributed by atoms with Crippen LogP contribution in [0.4, 0.5) is 21.9 Å². The Labute approximate surface area is 525 Å². The van der Waals surface area contributed by atoms with Gasteiger partial charge in [-0.25, -0.2) is 4.79 Å². The van der Waals surface area contributed by atoms with Crippen molar-refractivity contribution in [3.63, 3.8) is 0 Å². The van der Waals surface area contributed by atoms with Crippen molar-refractivity contribution in [2.45, 2.75) is 132 Å². The highest BCUT2D eigenvalue weighted by Crippen LogP contribution is 2.45. The first-order valence-electron chi connectivity index (χ1n) is 30.8. The molecule has 9 N–H and O–H groups in total. The number of fused-ring (bicyclic) bond motifs is 12. The number of halogens is 1. The monoisotopic (exact) mass is 1220 g/mol. The number of thioether (sulfide) groups is 1. The van der Waals surface area contributed by atoms with Gasteiger partial charge in [-0.1, -0.05) is 125 Å². The van der Waals surface area contributed by atoms with Crippen LogP contribution in [0, 0.1) is 60.2 Å². The largest absolute Gasteiger partial charge is 0.444 e. The second-order valence-corrected chi connectivity index (χ2v) is 28.8. The molecular weight excluding hydrogens is 1120 g/mol. The van der Waals surface area contributed by atoms with Gasteiger partial charge in [-0.3, -0.25) is 20.0 Å². The van der Waals surface area contributed by atoms with Gasteiger partial charge in [0, 0.05) is 81.2 Å². The van der Waals surface area contributed by atoms with Crippen LogP contribution in [0.3, 0.4) is 0 Å². The van der Waals surface area contributed by atoms with Crippen LogP contribution in [0.5, 0.6) is 0 Å². The number of nitrogens with two attached hydrogens (primary N) is 3. The van der Waals surface area contributed by atoms with Crippen molar-refractivity contribution in [1.29, 1.82) is 5.41 Å². The summed E-state index contributed by atoms with van der Waals surface area (Å²) in [7, 11) is 0. The van der Waals surface area contributed by atoms with E-state index in [1.165, 1.54) is 71.4 Å². The van der Waals surface area contributed by atoms with Crippen molar-refractivity contribution >= 4 is 70.0 Å². The van der Waals surface area contributed by atoms with Crippen molar-refractivity contribution < 1.29 is 19.1 Å². The fraction of sp³-hybridized carbons (Fsp3) is 0.574. The minimum Gasteiger partial charge on any atom is -0.444 e. The van der Waals surface area contributed by atoms with Crippen LogP contribution in [0.1, 0.15) is 104 Å². The number of anilines is 3. The fourth-order valence-corrected chi connectivity index (χ4v) is 14.3. The summed E-state index contributed by atoms with van der Waals surface area (Å²) in [4.78, 5) is 51.9. The number of ether oxygens (including phenoxy) is 1. The highest BCUT2D eigenvalue weighted by molar-refractivity contribution is 8.13. The number of nitrogens with one attached hydrogen (secondary N) is 3. The maximum absolute atomic E-state index is 12.7. The Bertz CT molecular complexity index is 2860. The second kappa shape index (κ2) is 30.4. The number of hydrogen-bond acceptors (Lipinski definition) is 13. The van der Waals surface area contributed by atoms with Crippen molar-refractivity contribution in [1.82, 2.24) is 20.4 Å². The molecule has 0 spiro atoms. The molecule has 0 saturated carbocycles. The molecule has 9 saturated heterocycles. The first-order chi connectivity index (χ1) is 40.1. The molecule has 4 aromatic rings. The number of carbonyl (C=O) groups excluding carboxylic acids is 3. The molecule has 6 bridgehead atoms. The van der Waals surface area contributed by atoms with Crippen molar-refractivity contribution in [2.24, 2.45) is 56.2 Å². The van der Waals surface area contributed by atoms with Gasteiger partial charge in [0.25, 0.3) is 0 Å². The van der Waals surface area contributed by atoms with Crippen LogP contribution in [0.25, 0.3) is 0 Å². The average molecular weight is 1220 g/mol. The van der Waals surface area contributed by atoms with Gasteiger partial charge in [0.1, 0.15) is 18.0 Å². The zero-order valence-electron chi connectivity index (χ0n) is 53.7. The van der Waals surface area contributed by atoms with E-state index >= 15 is 0 Å². The Morgan fingerprint density at radius 1 is 0.616 bits per heavy atom. The fourth-order valence-electron chi connectivity index (χ4n) is 13.6. The van der Waals surface area contributed by atoms with E-state index in [2.05, 4.69) is 165 Å². The molecule has 472 valence electrons. The van der Waals surface area contributed by atoms with Gasteiger partial charge in [0.15, 0.2) is 0 Å². The lowest BCUT2D eigenvalue weighted by molar-refractivity contribution is -0.130. The third kappa shape index (κ3) is 19.3. The topological polar surface area (TPSA) is 215 Å². The number of benzene rings is 4. The standard InChI is InChI=1S/C20H31N5O.C18H27N3O.C16H24N2.C14H20N2O2S.ClH/c1-14-4-6-16(7-5-14)25-12-15-8-20(2,3)17(25)13-24(11-15)19(26)10-23-18(22)9-21;1-13-4-6-15(7-5-13)21-11-14-8-18(2,3)16(21)12-20(10-14)17(22)9-19;1-12-4-6-14(7-5-12)18-11-13-8-16(2,3)15(18)10-17-9-13;1-14(2,3)18-13(17)16-9-12(15)19-10-11-7-5-4-6-8-11;/h4-7,15,17H,8-13,21H2,1-3H3,(H2,22,23);4-7,14,16H,8-12,19H2,1-3H3;4-7,13,15,17H,8-11H2,1-3H3;4-8,15H,9-10H2,1-3H3,(H,16,17);1H/t15-,17-;14-,16-;13-,15-;;/m111../s1. The number of carbonyl (C=O) groups is 3. The SMILES string of the molecule is CC(C)(C)OC(=O)NCC(=N)SCc1ccccc1.Cc1ccc(N2C[C@H]3CN(C(=O)CN)C[C@@H]2C(C)(C)C3)cc1.Cc1ccc(N2C[C@H]3CN(C(=O)CN=C(N)CN)C[C@@H]2C(C)(C)C3)cc1.Cc1ccc(N2C[C@H]3CNC[C@@H]2C(C)(C)C3)cc1.Cl. The summed E-state index contributed by atoms with van der Waals surface area (Å²) in [5.41, 5.74) is 25.9. The lowest BCUT2D eigenvalue weighted by Crippen LogP contribution is -2.54. The molecule has 13 rings (SSSR count). The van der Waals surface area contributed by atoms with Gasteiger partial charge in [0.2, 0.25) is 11.8 Å². The van der Waals surface area contributed by atoms with Gasteiger partial charge in [-0.15, -0.1) is 24.2 Å². The predicted molar refractivity (Wildman–Crippen MR) is 360 cm³/mol. The number of aliphatic imine (C=N–C) groups is 1. The molecule has 9 aliphatic heterocycles. The summed E-state index contributed by atoms with van der Waals surface area (Å²) in [5, 5.41) is 14.4. The van der Waals surface area contributed by atoms with E-state index in [9.17, 15) is 14.4 Å². The summed E-state index contributed by atoms with van der Waals surface area (Å²) in [5.74, 6) is 2.96.